The molecule has 1 saturated carbocycles. The first-order valence-corrected chi connectivity index (χ1v) is 10.6. The molecule has 0 bridgehead atoms. The number of hydrogen-bond donors (Lipinski definition) is 1. The summed E-state index contributed by atoms with van der Waals surface area (Å²) >= 11 is 0. The van der Waals surface area contributed by atoms with Gasteiger partial charge in [0.25, 0.3) is 5.91 Å². The lowest BCUT2D eigenvalue weighted by molar-refractivity contribution is -0.147. The van der Waals surface area contributed by atoms with Gasteiger partial charge in [0.1, 0.15) is 6.10 Å². The van der Waals surface area contributed by atoms with E-state index in [9.17, 15) is 9.59 Å². The number of piperidine rings is 1. The third kappa shape index (κ3) is 5.30. The predicted octanol–water partition coefficient (Wildman–Crippen LogP) is 2.34. The molecule has 2 saturated heterocycles. The van der Waals surface area contributed by atoms with Gasteiger partial charge in [-0.2, -0.15) is 0 Å². The third-order valence-electron chi connectivity index (χ3n) is 6.27. The number of rotatable bonds is 6. The molecular weight excluding hydrogens is 390 g/mol. The van der Waals surface area contributed by atoms with Crippen LogP contribution in [0.5, 0.6) is 0 Å². The van der Waals surface area contributed by atoms with Crippen LogP contribution in [0.2, 0.25) is 0 Å². The van der Waals surface area contributed by atoms with Crippen LogP contribution in [0.3, 0.4) is 0 Å². The molecule has 160 valence electrons. The van der Waals surface area contributed by atoms with Crippen LogP contribution in [0, 0.1) is 5.92 Å². The third-order valence-corrected chi connectivity index (χ3v) is 6.27. The molecule has 6 nitrogen and oxygen atoms in total. The monoisotopic (exact) mass is 421 g/mol. The summed E-state index contributed by atoms with van der Waals surface area (Å²) in [6.45, 7) is 2.46. The first kappa shape index (κ1) is 22.1. The minimum Gasteiger partial charge on any atom is -0.364 e. The number of carbonyl (C=O) groups excluding carboxylic acids is 2. The van der Waals surface area contributed by atoms with Gasteiger partial charge in [-0.15, -0.1) is 12.4 Å². The molecule has 2 heterocycles. The minimum absolute atomic E-state index is 0. The van der Waals surface area contributed by atoms with Crippen LogP contribution in [-0.4, -0.2) is 59.5 Å². The van der Waals surface area contributed by atoms with Crippen LogP contribution >= 0.6 is 12.4 Å². The first-order chi connectivity index (χ1) is 13.7. The molecular formula is C22H32ClN3O3. The molecule has 3 fully saturated rings. The summed E-state index contributed by atoms with van der Waals surface area (Å²) in [4.78, 5) is 29.8. The maximum absolute atomic E-state index is 13.2. The molecule has 7 heteroatoms. The van der Waals surface area contributed by atoms with Crippen LogP contribution in [0.15, 0.2) is 30.3 Å². The second-order valence-corrected chi connectivity index (χ2v) is 8.34. The molecule has 1 aromatic carbocycles. The summed E-state index contributed by atoms with van der Waals surface area (Å²) in [6.07, 6.45) is 4.99. The Morgan fingerprint density at radius 2 is 1.72 bits per heavy atom. The van der Waals surface area contributed by atoms with Crippen molar-refractivity contribution in [1.82, 2.24) is 9.80 Å². The highest BCUT2D eigenvalue weighted by molar-refractivity contribution is 5.85. The summed E-state index contributed by atoms with van der Waals surface area (Å²) < 4.78 is 5.75. The van der Waals surface area contributed by atoms with E-state index in [0.29, 0.717) is 32.2 Å². The van der Waals surface area contributed by atoms with Crippen LogP contribution in [0.4, 0.5) is 0 Å². The van der Waals surface area contributed by atoms with E-state index < -0.39 is 0 Å². The lowest BCUT2D eigenvalue weighted by Crippen LogP contribution is -2.47. The smallest absolute Gasteiger partial charge is 0.251 e. The van der Waals surface area contributed by atoms with Gasteiger partial charge in [0.15, 0.2) is 0 Å². The molecule has 1 aromatic rings. The second-order valence-electron chi connectivity index (χ2n) is 8.34. The Morgan fingerprint density at radius 3 is 2.31 bits per heavy atom. The number of halogens is 1. The number of amides is 2. The van der Waals surface area contributed by atoms with Gasteiger partial charge in [0.2, 0.25) is 5.91 Å². The van der Waals surface area contributed by atoms with E-state index in [0.717, 1.165) is 38.5 Å². The minimum atomic E-state index is -0.346. The summed E-state index contributed by atoms with van der Waals surface area (Å²) in [5, 5.41) is 0. The van der Waals surface area contributed by atoms with Gasteiger partial charge in [-0.25, -0.2) is 0 Å². The van der Waals surface area contributed by atoms with E-state index >= 15 is 0 Å². The highest BCUT2D eigenvalue weighted by atomic mass is 35.5. The highest BCUT2D eigenvalue weighted by Crippen LogP contribution is 2.32. The maximum Gasteiger partial charge on any atom is 0.251 e. The van der Waals surface area contributed by atoms with Crippen molar-refractivity contribution < 1.29 is 14.3 Å². The van der Waals surface area contributed by atoms with Crippen LogP contribution in [0.1, 0.15) is 44.1 Å². The Morgan fingerprint density at radius 1 is 1.03 bits per heavy atom. The Bertz CT molecular complexity index is 690. The van der Waals surface area contributed by atoms with Crippen molar-refractivity contribution in [2.24, 2.45) is 11.7 Å². The molecule has 0 aromatic heterocycles. The lowest BCUT2D eigenvalue weighted by Gasteiger charge is -2.35. The molecule has 0 unspecified atom stereocenters. The topological polar surface area (TPSA) is 75.9 Å². The molecule has 29 heavy (non-hydrogen) atoms. The summed E-state index contributed by atoms with van der Waals surface area (Å²) in [6, 6.07) is 10.6. The van der Waals surface area contributed by atoms with E-state index in [2.05, 4.69) is 17.0 Å². The van der Waals surface area contributed by atoms with E-state index in [4.69, 9.17) is 10.5 Å². The van der Waals surface area contributed by atoms with Gasteiger partial charge in [-0.1, -0.05) is 30.3 Å². The van der Waals surface area contributed by atoms with Crippen molar-refractivity contribution in [2.75, 3.05) is 19.6 Å². The number of nitrogens with zero attached hydrogens (tertiary/aromatic N) is 2. The fourth-order valence-electron chi connectivity index (χ4n) is 4.40. The highest BCUT2D eigenvalue weighted by Gasteiger charge is 2.39. The van der Waals surface area contributed by atoms with Crippen molar-refractivity contribution in [1.29, 1.82) is 0 Å². The van der Waals surface area contributed by atoms with Crippen molar-refractivity contribution in [3.63, 3.8) is 0 Å². The summed E-state index contributed by atoms with van der Waals surface area (Å²) in [5.41, 5.74) is 6.83. The maximum atomic E-state index is 13.2. The van der Waals surface area contributed by atoms with E-state index in [1.807, 2.05) is 23.1 Å². The Labute approximate surface area is 179 Å². The molecule has 4 rings (SSSR count). The fraction of sp³-hybridized carbons (Fsp3) is 0.636. The first-order valence-electron chi connectivity index (χ1n) is 10.6. The molecule has 2 atom stereocenters. The van der Waals surface area contributed by atoms with Gasteiger partial charge in [-0.3, -0.25) is 9.59 Å². The Balaban J connectivity index is 0.00000240. The Kier molecular flexibility index (Phi) is 7.55. The predicted molar refractivity (Wildman–Crippen MR) is 114 cm³/mol. The molecule has 0 radical (unpaired) electrons. The zero-order valence-electron chi connectivity index (χ0n) is 16.9. The van der Waals surface area contributed by atoms with E-state index in [-0.39, 0.29) is 42.3 Å². The van der Waals surface area contributed by atoms with Gasteiger partial charge in [0, 0.05) is 38.1 Å². The van der Waals surface area contributed by atoms with E-state index in [1.165, 1.54) is 5.56 Å². The zero-order valence-corrected chi connectivity index (χ0v) is 17.7. The fourth-order valence-corrected chi connectivity index (χ4v) is 4.40. The zero-order chi connectivity index (χ0) is 19.5. The molecule has 1 aliphatic carbocycles. The van der Waals surface area contributed by atoms with Gasteiger partial charge < -0.3 is 20.3 Å². The Hall–Kier alpha value is -1.63. The quantitative estimate of drug-likeness (QED) is 0.764. The number of hydrogen-bond acceptors (Lipinski definition) is 4. The number of benzene rings is 1. The number of carbonyl (C=O) groups is 2. The van der Waals surface area contributed by atoms with Gasteiger partial charge in [0.05, 0.1) is 6.10 Å². The summed E-state index contributed by atoms with van der Waals surface area (Å²) in [7, 11) is 0. The largest absolute Gasteiger partial charge is 0.364 e. The van der Waals surface area contributed by atoms with Crippen LogP contribution in [-0.2, 0) is 20.9 Å². The molecule has 0 spiro atoms. The molecule has 3 aliphatic rings. The summed E-state index contributed by atoms with van der Waals surface area (Å²) in [5.74, 6) is 0.360. The van der Waals surface area contributed by atoms with Crippen molar-refractivity contribution in [3.8, 4) is 0 Å². The standard InChI is InChI=1S/C22H31N3O3.ClH/c23-14-19-8-9-20(28-19)22(27)24-12-10-17(11-13-24)21(26)25(18-6-7-18)15-16-4-2-1-3-5-16;/h1-5,17-20H,6-15,23H2;1H/t19-,20+;/m1./s1. The normalized spacial score (nSPS) is 24.8. The van der Waals surface area contributed by atoms with Crippen LogP contribution in [0.25, 0.3) is 0 Å². The number of likely N-dealkylation sites (tertiary alicyclic amines) is 1. The SMILES string of the molecule is Cl.NC[C@H]1CC[C@@H](C(=O)N2CCC(C(=O)N(Cc3ccccc3)C3CC3)CC2)O1. The molecule has 2 N–H and O–H groups in total. The van der Waals surface area contributed by atoms with Crippen molar-refractivity contribution >= 4 is 24.2 Å². The second kappa shape index (κ2) is 9.92. The molecule has 2 aliphatic heterocycles. The average Bonchev–Trinajstić information content (AvgIpc) is 3.48. The number of ether oxygens (including phenoxy) is 1. The lowest BCUT2D eigenvalue weighted by atomic mass is 9.94. The molecule has 2 amide bonds. The van der Waals surface area contributed by atoms with E-state index in [1.54, 1.807) is 0 Å². The van der Waals surface area contributed by atoms with Crippen molar-refractivity contribution in [2.45, 2.75) is 63.3 Å². The van der Waals surface area contributed by atoms with Gasteiger partial charge >= 0.3 is 0 Å². The van der Waals surface area contributed by atoms with Gasteiger partial charge in [-0.05, 0) is 44.1 Å². The van der Waals surface area contributed by atoms with Crippen LogP contribution < -0.4 is 5.73 Å². The average molecular weight is 422 g/mol. The van der Waals surface area contributed by atoms with Crippen molar-refractivity contribution in [3.05, 3.63) is 35.9 Å². The number of nitrogens with two attached hydrogens (primary N) is 1.